The molecule has 0 saturated heterocycles. The molecule has 0 aliphatic carbocycles. The first-order chi connectivity index (χ1) is 7.02. The zero-order valence-electron chi connectivity index (χ0n) is 9.23. The Morgan fingerprint density at radius 1 is 1.47 bits per heavy atom. The van der Waals surface area contributed by atoms with Gasteiger partial charge in [-0.3, -0.25) is 10.1 Å². The van der Waals surface area contributed by atoms with Crippen LogP contribution in [0.3, 0.4) is 0 Å². The van der Waals surface area contributed by atoms with Gasteiger partial charge in [0.2, 0.25) is 0 Å². The second kappa shape index (κ2) is 4.98. The normalized spacial score (nSPS) is 15.2. The maximum absolute atomic E-state index is 11.0. The molecule has 0 saturated carbocycles. The fraction of sp³-hybridized carbons (Fsp3) is 0.545. The molecule has 1 heterocycles. The van der Waals surface area contributed by atoms with Gasteiger partial charge in [0.25, 0.3) is 0 Å². The SMILES string of the molecule is CC(NC(C(=O)O)C(C)C)c1ccco1. The molecule has 1 aromatic rings. The van der Waals surface area contributed by atoms with E-state index in [-0.39, 0.29) is 12.0 Å². The van der Waals surface area contributed by atoms with Crippen molar-refractivity contribution >= 4 is 5.97 Å². The van der Waals surface area contributed by atoms with E-state index in [2.05, 4.69) is 5.32 Å². The van der Waals surface area contributed by atoms with Crippen LogP contribution in [0.4, 0.5) is 0 Å². The molecule has 0 spiro atoms. The van der Waals surface area contributed by atoms with Crippen LogP contribution in [0.15, 0.2) is 22.8 Å². The van der Waals surface area contributed by atoms with Gasteiger partial charge < -0.3 is 9.52 Å². The van der Waals surface area contributed by atoms with Crippen LogP contribution in [0.1, 0.15) is 32.6 Å². The topological polar surface area (TPSA) is 62.5 Å². The number of carboxylic acids is 1. The molecule has 4 nitrogen and oxygen atoms in total. The Hall–Kier alpha value is -1.29. The molecule has 2 atom stereocenters. The van der Waals surface area contributed by atoms with E-state index < -0.39 is 12.0 Å². The summed E-state index contributed by atoms with van der Waals surface area (Å²) in [6.07, 6.45) is 1.58. The number of rotatable bonds is 5. The molecule has 0 amide bonds. The van der Waals surface area contributed by atoms with E-state index in [0.29, 0.717) is 0 Å². The van der Waals surface area contributed by atoms with Crippen LogP contribution in [0, 0.1) is 5.92 Å². The van der Waals surface area contributed by atoms with Crippen LogP contribution in [0.25, 0.3) is 0 Å². The van der Waals surface area contributed by atoms with Crippen LogP contribution >= 0.6 is 0 Å². The predicted molar refractivity (Wildman–Crippen MR) is 56.5 cm³/mol. The van der Waals surface area contributed by atoms with Gasteiger partial charge in [0, 0.05) is 0 Å². The van der Waals surface area contributed by atoms with Crippen molar-refractivity contribution in [2.45, 2.75) is 32.9 Å². The van der Waals surface area contributed by atoms with Gasteiger partial charge in [-0.2, -0.15) is 0 Å². The van der Waals surface area contributed by atoms with Gasteiger partial charge in [-0.05, 0) is 25.0 Å². The lowest BCUT2D eigenvalue weighted by atomic mass is 10.0. The number of carboxylic acid groups (broad SMARTS) is 1. The Kier molecular flexibility index (Phi) is 3.91. The number of aliphatic carboxylic acids is 1. The van der Waals surface area contributed by atoms with Gasteiger partial charge in [-0.1, -0.05) is 13.8 Å². The molecular formula is C11H17NO3. The second-order valence-electron chi connectivity index (χ2n) is 3.96. The van der Waals surface area contributed by atoms with Crippen molar-refractivity contribution in [2.24, 2.45) is 5.92 Å². The molecule has 1 aromatic heterocycles. The number of hydrogen-bond donors (Lipinski definition) is 2. The highest BCUT2D eigenvalue weighted by Gasteiger charge is 2.24. The van der Waals surface area contributed by atoms with E-state index in [0.717, 1.165) is 5.76 Å². The third-order valence-electron chi connectivity index (χ3n) is 2.33. The number of furan rings is 1. The number of hydrogen-bond acceptors (Lipinski definition) is 3. The molecule has 0 radical (unpaired) electrons. The summed E-state index contributed by atoms with van der Waals surface area (Å²) in [5.41, 5.74) is 0. The highest BCUT2D eigenvalue weighted by molar-refractivity contribution is 5.73. The van der Waals surface area contributed by atoms with E-state index in [4.69, 9.17) is 9.52 Å². The van der Waals surface area contributed by atoms with Gasteiger partial charge in [0.05, 0.1) is 12.3 Å². The predicted octanol–water partition coefficient (Wildman–Crippen LogP) is 2.04. The lowest BCUT2D eigenvalue weighted by Gasteiger charge is -2.21. The van der Waals surface area contributed by atoms with Crippen LogP contribution in [-0.4, -0.2) is 17.1 Å². The Bertz CT molecular complexity index is 306. The Labute approximate surface area is 89.3 Å². The van der Waals surface area contributed by atoms with Gasteiger partial charge in [0.15, 0.2) is 0 Å². The molecule has 84 valence electrons. The van der Waals surface area contributed by atoms with Crippen molar-refractivity contribution in [3.05, 3.63) is 24.2 Å². The summed E-state index contributed by atoms with van der Waals surface area (Å²) < 4.78 is 5.20. The van der Waals surface area contributed by atoms with E-state index in [1.807, 2.05) is 26.8 Å². The second-order valence-corrected chi connectivity index (χ2v) is 3.96. The average molecular weight is 211 g/mol. The molecule has 0 bridgehead atoms. The Balaban J connectivity index is 2.63. The molecule has 2 N–H and O–H groups in total. The molecule has 0 aliphatic heterocycles. The quantitative estimate of drug-likeness (QED) is 0.782. The van der Waals surface area contributed by atoms with Crippen molar-refractivity contribution in [3.8, 4) is 0 Å². The largest absolute Gasteiger partial charge is 0.480 e. The third-order valence-corrected chi connectivity index (χ3v) is 2.33. The summed E-state index contributed by atoms with van der Waals surface area (Å²) in [5.74, 6) is -0.0368. The molecule has 0 fully saturated rings. The molecule has 1 rings (SSSR count). The molecule has 4 heteroatoms. The Morgan fingerprint density at radius 3 is 2.53 bits per heavy atom. The van der Waals surface area contributed by atoms with E-state index in [1.54, 1.807) is 12.3 Å². The van der Waals surface area contributed by atoms with Crippen LogP contribution in [0.2, 0.25) is 0 Å². The minimum Gasteiger partial charge on any atom is -0.480 e. The fourth-order valence-corrected chi connectivity index (χ4v) is 1.44. The summed E-state index contributed by atoms with van der Waals surface area (Å²) in [7, 11) is 0. The first-order valence-electron chi connectivity index (χ1n) is 5.04. The minimum atomic E-state index is -0.830. The van der Waals surface area contributed by atoms with Crippen LogP contribution < -0.4 is 5.32 Å². The summed E-state index contributed by atoms with van der Waals surface area (Å²) in [6.45, 7) is 5.64. The smallest absolute Gasteiger partial charge is 0.320 e. The van der Waals surface area contributed by atoms with E-state index in [1.165, 1.54) is 0 Å². The molecule has 0 aliphatic rings. The Morgan fingerprint density at radius 2 is 2.13 bits per heavy atom. The fourth-order valence-electron chi connectivity index (χ4n) is 1.44. The molecular weight excluding hydrogens is 194 g/mol. The summed E-state index contributed by atoms with van der Waals surface area (Å²) in [5, 5.41) is 12.0. The molecule has 15 heavy (non-hydrogen) atoms. The summed E-state index contributed by atoms with van der Waals surface area (Å²) >= 11 is 0. The van der Waals surface area contributed by atoms with Crippen molar-refractivity contribution in [1.29, 1.82) is 0 Å². The zero-order chi connectivity index (χ0) is 11.4. The molecule has 2 unspecified atom stereocenters. The lowest BCUT2D eigenvalue weighted by molar-refractivity contribution is -0.140. The maximum Gasteiger partial charge on any atom is 0.320 e. The van der Waals surface area contributed by atoms with Crippen molar-refractivity contribution in [1.82, 2.24) is 5.32 Å². The van der Waals surface area contributed by atoms with E-state index in [9.17, 15) is 4.79 Å². The first kappa shape index (κ1) is 11.8. The van der Waals surface area contributed by atoms with Gasteiger partial charge in [-0.15, -0.1) is 0 Å². The van der Waals surface area contributed by atoms with E-state index >= 15 is 0 Å². The first-order valence-corrected chi connectivity index (χ1v) is 5.04. The van der Waals surface area contributed by atoms with Crippen LogP contribution in [-0.2, 0) is 4.79 Å². The lowest BCUT2D eigenvalue weighted by Crippen LogP contribution is -2.42. The minimum absolute atomic E-state index is 0.0416. The van der Waals surface area contributed by atoms with Gasteiger partial charge in [-0.25, -0.2) is 0 Å². The van der Waals surface area contributed by atoms with Gasteiger partial charge >= 0.3 is 5.97 Å². The van der Waals surface area contributed by atoms with Crippen molar-refractivity contribution in [2.75, 3.05) is 0 Å². The summed E-state index contributed by atoms with van der Waals surface area (Å²) in [4.78, 5) is 11.0. The van der Waals surface area contributed by atoms with Crippen molar-refractivity contribution < 1.29 is 14.3 Å². The third kappa shape index (κ3) is 3.09. The zero-order valence-corrected chi connectivity index (χ0v) is 9.23. The van der Waals surface area contributed by atoms with Gasteiger partial charge in [0.1, 0.15) is 11.8 Å². The number of nitrogens with one attached hydrogen (secondary N) is 1. The molecule has 0 aromatic carbocycles. The van der Waals surface area contributed by atoms with Crippen LogP contribution in [0.5, 0.6) is 0 Å². The monoisotopic (exact) mass is 211 g/mol. The standard InChI is InChI=1S/C11H17NO3/c1-7(2)10(11(13)14)12-8(3)9-5-4-6-15-9/h4-8,10,12H,1-3H3,(H,13,14). The number of carbonyl (C=O) groups is 1. The summed E-state index contributed by atoms with van der Waals surface area (Å²) in [6, 6.07) is 2.98. The van der Waals surface area contributed by atoms with Crippen molar-refractivity contribution in [3.63, 3.8) is 0 Å². The maximum atomic E-state index is 11.0. The highest BCUT2D eigenvalue weighted by atomic mass is 16.4. The average Bonchev–Trinajstić information content (AvgIpc) is 2.65. The highest BCUT2D eigenvalue weighted by Crippen LogP contribution is 2.15.